The lowest BCUT2D eigenvalue weighted by Gasteiger charge is -2.35. The van der Waals surface area contributed by atoms with Crippen molar-refractivity contribution in [1.29, 1.82) is 0 Å². The number of hydrogen-bond acceptors (Lipinski definition) is 3. The van der Waals surface area contributed by atoms with Gasteiger partial charge in [-0.15, -0.1) is 11.3 Å². The van der Waals surface area contributed by atoms with Gasteiger partial charge in [0.2, 0.25) is 5.91 Å². The van der Waals surface area contributed by atoms with E-state index in [1.165, 1.54) is 11.3 Å². The van der Waals surface area contributed by atoms with E-state index in [4.69, 9.17) is 11.6 Å². The van der Waals surface area contributed by atoms with Gasteiger partial charge in [-0.2, -0.15) is 0 Å². The molecule has 0 spiro atoms. The van der Waals surface area contributed by atoms with Crippen molar-refractivity contribution < 1.29 is 9.59 Å². The average Bonchev–Trinajstić information content (AvgIpc) is 2.91. The molecule has 2 aromatic rings. The van der Waals surface area contributed by atoms with E-state index in [1.807, 2.05) is 43.0 Å². The smallest absolute Gasteiger partial charge is 0.265 e. The topological polar surface area (TPSA) is 40.6 Å². The molecule has 4 nitrogen and oxygen atoms in total. The van der Waals surface area contributed by atoms with Crippen LogP contribution in [-0.2, 0) is 4.79 Å². The molecule has 0 saturated carbocycles. The fourth-order valence-electron chi connectivity index (χ4n) is 2.79. The summed E-state index contributed by atoms with van der Waals surface area (Å²) in [7, 11) is 0. The molecule has 1 aliphatic heterocycles. The predicted octanol–water partition coefficient (Wildman–Crippen LogP) is 3.50. The van der Waals surface area contributed by atoms with E-state index >= 15 is 0 Å². The third-order valence-corrected chi connectivity index (χ3v) is 5.77. The molecule has 1 saturated heterocycles. The molecule has 0 N–H and O–H groups in total. The van der Waals surface area contributed by atoms with Crippen LogP contribution in [0.2, 0.25) is 5.02 Å². The van der Waals surface area contributed by atoms with E-state index in [-0.39, 0.29) is 17.7 Å². The van der Waals surface area contributed by atoms with E-state index in [9.17, 15) is 9.59 Å². The lowest BCUT2D eigenvalue weighted by atomic mass is 10.1. The monoisotopic (exact) mass is 350 g/mol. The molecule has 0 unspecified atom stereocenters. The van der Waals surface area contributed by atoms with E-state index in [1.54, 1.807) is 4.90 Å². The number of benzene rings is 1. The fraction of sp³-hybridized carbons (Fsp3) is 0.412. The van der Waals surface area contributed by atoms with Crippen molar-refractivity contribution in [1.82, 2.24) is 9.80 Å². The van der Waals surface area contributed by atoms with Gasteiger partial charge in [-0.1, -0.05) is 43.6 Å². The lowest BCUT2D eigenvalue weighted by Crippen LogP contribution is -2.51. The summed E-state index contributed by atoms with van der Waals surface area (Å²) in [4.78, 5) is 29.0. The molecular weight excluding hydrogens is 332 g/mol. The molecule has 1 aliphatic rings. The van der Waals surface area contributed by atoms with Crippen LogP contribution in [0.3, 0.4) is 0 Å². The molecule has 2 heterocycles. The molecule has 23 heavy (non-hydrogen) atoms. The second-order valence-corrected chi connectivity index (χ2v) is 7.44. The molecule has 1 fully saturated rings. The second kappa shape index (κ2) is 6.49. The number of piperazine rings is 1. The second-order valence-electron chi connectivity index (χ2n) is 6.01. The number of amides is 2. The van der Waals surface area contributed by atoms with Crippen LogP contribution in [0.5, 0.6) is 0 Å². The van der Waals surface area contributed by atoms with Crippen molar-refractivity contribution >= 4 is 44.8 Å². The Morgan fingerprint density at radius 3 is 2.30 bits per heavy atom. The first kappa shape index (κ1) is 16.3. The number of halogens is 1. The van der Waals surface area contributed by atoms with Gasteiger partial charge in [-0.25, -0.2) is 0 Å². The van der Waals surface area contributed by atoms with Crippen LogP contribution in [0, 0.1) is 5.92 Å². The molecule has 0 aliphatic carbocycles. The van der Waals surface area contributed by atoms with E-state index < -0.39 is 0 Å². The third kappa shape index (κ3) is 3.08. The van der Waals surface area contributed by atoms with Crippen molar-refractivity contribution in [2.45, 2.75) is 13.8 Å². The molecule has 1 aromatic heterocycles. The van der Waals surface area contributed by atoms with Crippen LogP contribution < -0.4 is 0 Å². The number of rotatable bonds is 2. The van der Waals surface area contributed by atoms with E-state index in [2.05, 4.69) is 0 Å². The van der Waals surface area contributed by atoms with Gasteiger partial charge in [-0.05, 0) is 6.07 Å². The normalized spacial score (nSPS) is 15.5. The highest BCUT2D eigenvalue weighted by Crippen LogP contribution is 2.36. The Kier molecular flexibility index (Phi) is 4.60. The maximum absolute atomic E-state index is 12.7. The van der Waals surface area contributed by atoms with Crippen molar-refractivity contribution in [3.63, 3.8) is 0 Å². The molecule has 0 bridgehead atoms. The molecule has 0 radical (unpaired) electrons. The molecule has 122 valence electrons. The first-order valence-corrected chi connectivity index (χ1v) is 8.93. The fourth-order valence-corrected chi connectivity index (χ4v) is 4.27. The van der Waals surface area contributed by atoms with Gasteiger partial charge >= 0.3 is 0 Å². The SMILES string of the molecule is CC(C)C(=O)N1CCN(C(=O)c2sc3ccccc3c2Cl)CC1. The van der Waals surface area contributed by atoms with Crippen LogP contribution in [-0.4, -0.2) is 47.8 Å². The van der Waals surface area contributed by atoms with Crippen molar-refractivity contribution in [3.05, 3.63) is 34.2 Å². The number of fused-ring (bicyclic) bond motifs is 1. The standard InChI is InChI=1S/C17H19ClN2O2S/c1-11(2)16(21)19-7-9-20(10-8-19)17(22)15-14(18)12-5-3-4-6-13(12)23-15/h3-6,11H,7-10H2,1-2H3. The van der Waals surface area contributed by atoms with Crippen molar-refractivity contribution in [3.8, 4) is 0 Å². The summed E-state index contributed by atoms with van der Waals surface area (Å²) in [6.45, 7) is 6.09. The Labute approximate surface area is 144 Å². The zero-order valence-electron chi connectivity index (χ0n) is 13.2. The first-order valence-electron chi connectivity index (χ1n) is 7.74. The molecule has 1 aromatic carbocycles. The zero-order chi connectivity index (χ0) is 16.6. The van der Waals surface area contributed by atoms with Crippen LogP contribution >= 0.6 is 22.9 Å². The molecular formula is C17H19ClN2O2S. The predicted molar refractivity (Wildman–Crippen MR) is 94.2 cm³/mol. The molecule has 6 heteroatoms. The minimum atomic E-state index is -0.0344. The highest BCUT2D eigenvalue weighted by Gasteiger charge is 2.28. The number of carbonyl (C=O) groups is 2. The summed E-state index contributed by atoms with van der Waals surface area (Å²) < 4.78 is 1.02. The number of carbonyl (C=O) groups excluding carboxylic acids is 2. The Bertz CT molecular complexity index is 748. The first-order chi connectivity index (χ1) is 11.0. The molecule has 3 rings (SSSR count). The van der Waals surface area contributed by atoms with Crippen molar-refractivity contribution in [2.24, 2.45) is 5.92 Å². The molecule has 0 atom stereocenters. The molecule has 2 amide bonds. The summed E-state index contributed by atoms with van der Waals surface area (Å²) in [5, 5.41) is 1.47. The van der Waals surface area contributed by atoms with Crippen LogP contribution in [0.15, 0.2) is 24.3 Å². The maximum atomic E-state index is 12.7. The Hall–Kier alpha value is -1.59. The number of hydrogen-bond donors (Lipinski definition) is 0. The number of thiophene rings is 1. The van der Waals surface area contributed by atoms with Gasteiger partial charge in [0.15, 0.2) is 0 Å². The highest BCUT2D eigenvalue weighted by atomic mass is 35.5. The quantitative estimate of drug-likeness (QED) is 0.831. The van der Waals surface area contributed by atoms with E-state index in [0.29, 0.717) is 36.1 Å². The summed E-state index contributed by atoms with van der Waals surface area (Å²) in [6.07, 6.45) is 0. The average molecular weight is 351 g/mol. The Morgan fingerprint density at radius 2 is 1.70 bits per heavy atom. The minimum Gasteiger partial charge on any atom is -0.339 e. The van der Waals surface area contributed by atoms with Gasteiger partial charge in [0.25, 0.3) is 5.91 Å². The minimum absolute atomic E-state index is 0.00529. The lowest BCUT2D eigenvalue weighted by molar-refractivity contribution is -0.135. The number of nitrogens with zero attached hydrogens (tertiary/aromatic N) is 2. The maximum Gasteiger partial charge on any atom is 0.265 e. The Balaban J connectivity index is 1.74. The van der Waals surface area contributed by atoms with Crippen LogP contribution in [0.1, 0.15) is 23.5 Å². The summed E-state index contributed by atoms with van der Waals surface area (Å²) >= 11 is 7.82. The van der Waals surface area contributed by atoms with Crippen LogP contribution in [0.4, 0.5) is 0 Å². The van der Waals surface area contributed by atoms with Gasteiger partial charge in [0.1, 0.15) is 4.88 Å². The highest BCUT2D eigenvalue weighted by molar-refractivity contribution is 7.21. The third-order valence-electron chi connectivity index (χ3n) is 4.10. The summed E-state index contributed by atoms with van der Waals surface area (Å²) in [5.74, 6) is 0.110. The zero-order valence-corrected chi connectivity index (χ0v) is 14.8. The summed E-state index contributed by atoms with van der Waals surface area (Å²) in [6, 6.07) is 7.78. The van der Waals surface area contributed by atoms with Gasteiger partial charge in [-0.3, -0.25) is 9.59 Å². The Morgan fingerprint density at radius 1 is 1.09 bits per heavy atom. The van der Waals surface area contributed by atoms with Gasteiger partial charge < -0.3 is 9.80 Å². The summed E-state index contributed by atoms with van der Waals surface area (Å²) in [5.41, 5.74) is 0. The van der Waals surface area contributed by atoms with Crippen LogP contribution in [0.25, 0.3) is 10.1 Å². The largest absolute Gasteiger partial charge is 0.339 e. The van der Waals surface area contributed by atoms with Gasteiger partial charge in [0.05, 0.1) is 5.02 Å². The van der Waals surface area contributed by atoms with E-state index in [0.717, 1.165) is 10.1 Å². The van der Waals surface area contributed by atoms with Crippen molar-refractivity contribution in [2.75, 3.05) is 26.2 Å². The van der Waals surface area contributed by atoms with Gasteiger partial charge in [0, 0.05) is 42.2 Å².